The maximum Gasteiger partial charge on any atom is 0.416 e. The largest absolute Gasteiger partial charge is 0.416 e. The molecule has 2 atom stereocenters. The van der Waals surface area contributed by atoms with Crippen molar-refractivity contribution in [3.8, 4) is 0 Å². The molecule has 0 aromatic heterocycles. The average molecular weight is 313 g/mol. The fourth-order valence-electron chi connectivity index (χ4n) is 2.53. The van der Waals surface area contributed by atoms with Crippen molar-refractivity contribution in [1.29, 1.82) is 0 Å². The van der Waals surface area contributed by atoms with Gasteiger partial charge in [-0.2, -0.15) is 13.2 Å². The zero-order chi connectivity index (χ0) is 16.2. The SMILES string of the molecule is O=C(NCC(O)c1ccccc1C(F)(F)F)C1CC=CCC1. The normalized spacial score (nSPS) is 19.7. The van der Waals surface area contributed by atoms with Gasteiger partial charge in [0.15, 0.2) is 0 Å². The Hall–Kier alpha value is -1.82. The van der Waals surface area contributed by atoms with Gasteiger partial charge in [0.2, 0.25) is 5.91 Å². The Morgan fingerprint density at radius 2 is 2.05 bits per heavy atom. The van der Waals surface area contributed by atoms with Gasteiger partial charge < -0.3 is 10.4 Å². The highest BCUT2D eigenvalue weighted by Gasteiger charge is 2.34. The topological polar surface area (TPSA) is 49.3 Å². The molecule has 2 N–H and O–H groups in total. The Labute approximate surface area is 126 Å². The van der Waals surface area contributed by atoms with Crippen LogP contribution in [0.4, 0.5) is 13.2 Å². The molecule has 0 radical (unpaired) electrons. The van der Waals surface area contributed by atoms with E-state index in [-0.39, 0.29) is 23.9 Å². The molecular formula is C16H18F3NO2. The number of carbonyl (C=O) groups is 1. The van der Waals surface area contributed by atoms with E-state index in [9.17, 15) is 23.1 Å². The van der Waals surface area contributed by atoms with Crippen molar-refractivity contribution in [2.75, 3.05) is 6.54 Å². The summed E-state index contributed by atoms with van der Waals surface area (Å²) >= 11 is 0. The van der Waals surface area contributed by atoms with Gasteiger partial charge in [-0.25, -0.2) is 0 Å². The van der Waals surface area contributed by atoms with Gasteiger partial charge in [-0.3, -0.25) is 4.79 Å². The maximum absolute atomic E-state index is 12.9. The minimum Gasteiger partial charge on any atom is -0.387 e. The molecule has 0 aliphatic heterocycles. The van der Waals surface area contributed by atoms with Crippen molar-refractivity contribution in [3.63, 3.8) is 0 Å². The number of nitrogens with one attached hydrogen (secondary N) is 1. The lowest BCUT2D eigenvalue weighted by atomic mass is 9.93. The van der Waals surface area contributed by atoms with Gasteiger partial charge in [0.05, 0.1) is 11.7 Å². The van der Waals surface area contributed by atoms with Crippen LogP contribution in [-0.4, -0.2) is 17.6 Å². The third kappa shape index (κ3) is 4.10. The number of aliphatic hydroxyl groups is 1. The first-order chi connectivity index (χ1) is 10.4. The lowest BCUT2D eigenvalue weighted by molar-refractivity contribution is -0.139. The molecule has 1 amide bonds. The predicted molar refractivity (Wildman–Crippen MR) is 75.9 cm³/mol. The smallest absolute Gasteiger partial charge is 0.387 e. The molecule has 0 heterocycles. The Bertz CT molecular complexity index is 555. The molecule has 1 aliphatic carbocycles. The van der Waals surface area contributed by atoms with Gasteiger partial charge >= 0.3 is 6.18 Å². The first-order valence-corrected chi connectivity index (χ1v) is 7.16. The van der Waals surface area contributed by atoms with E-state index in [0.717, 1.165) is 18.9 Å². The standard InChI is InChI=1S/C16H18F3NO2/c17-16(18,19)13-9-5-4-8-12(13)14(21)10-20-15(22)11-6-2-1-3-7-11/h1-2,4-5,8-9,11,14,21H,3,6-7,10H2,(H,20,22). The van der Waals surface area contributed by atoms with E-state index in [2.05, 4.69) is 5.32 Å². The molecule has 22 heavy (non-hydrogen) atoms. The van der Waals surface area contributed by atoms with Crippen molar-refractivity contribution >= 4 is 5.91 Å². The van der Waals surface area contributed by atoms with E-state index in [1.807, 2.05) is 12.2 Å². The van der Waals surface area contributed by atoms with E-state index in [4.69, 9.17) is 0 Å². The van der Waals surface area contributed by atoms with E-state index >= 15 is 0 Å². The second-order valence-electron chi connectivity index (χ2n) is 5.33. The highest BCUT2D eigenvalue weighted by Crippen LogP contribution is 2.34. The lowest BCUT2D eigenvalue weighted by Crippen LogP contribution is -2.34. The van der Waals surface area contributed by atoms with Gasteiger partial charge in [-0.1, -0.05) is 30.4 Å². The zero-order valence-electron chi connectivity index (χ0n) is 11.9. The lowest BCUT2D eigenvalue weighted by Gasteiger charge is -2.20. The number of carbonyl (C=O) groups excluding carboxylic acids is 1. The number of rotatable bonds is 4. The summed E-state index contributed by atoms with van der Waals surface area (Å²) in [6, 6.07) is 4.85. The Morgan fingerprint density at radius 1 is 1.32 bits per heavy atom. The van der Waals surface area contributed by atoms with Crippen molar-refractivity contribution in [1.82, 2.24) is 5.32 Å². The third-order valence-electron chi connectivity index (χ3n) is 3.73. The number of hydrogen-bond donors (Lipinski definition) is 2. The summed E-state index contributed by atoms with van der Waals surface area (Å²) in [5.41, 5.74) is -1.10. The van der Waals surface area contributed by atoms with Crippen molar-refractivity contribution in [2.24, 2.45) is 5.92 Å². The molecule has 2 unspecified atom stereocenters. The molecule has 0 bridgehead atoms. The first kappa shape index (κ1) is 16.5. The molecule has 1 aromatic rings. The van der Waals surface area contributed by atoms with E-state index in [1.54, 1.807) is 0 Å². The van der Waals surface area contributed by atoms with Gasteiger partial charge in [-0.05, 0) is 30.9 Å². The second-order valence-corrected chi connectivity index (χ2v) is 5.33. The minimum absolute atomic E-state index is 0.171. The van der Waals surface area contributed by atoms with Crippen LogP contribution in [-0.2, 0) is 11.0 Å². The number of benzene rings is 1. The molecule has 2 rings (SSSR count). The molecule has 0 fully saturated rings. The summed E-state index contributed by atoms with van der Waals surface area (Å²) in [5, 5.41) is 12.5. The Balaban J connectivity index is 1.99. The van der Waals surface area contributed by atoms with Crippen LogP contribution < -0.4 is 5.32 Å². The molecule has 6 heteroatoms. The Kier molecular flexibility index (Phi) is 5.24. The molecule has 3 nitrogen and oxygen atoms in total. The van der Waals surface area contributed by atoms with Crippen LogP contribution in [0.1, 0.15) is 36.5 Å². The van der Waals surface area contributed by atoms with Crippen LogP contribution in [0, 0.1) is 5.92 Å². The number of amides is 1. The van der Waals surface area contributed by atoms with Crippen molar-refractivity contribution in [2.45, 2.75) is 31.5 Å². The summed E-state index contributed by atoms with van der Waals surface area (Å²) in [4.78, 5) is 11.9. The van der Waals surface area contributed by atoms with Crippen LogP contribution in [0.2, 0.25) is 0 Å². The molecule has 0 spiro atoms. The summed E-state index contributed by atoms with van der Waals surface area (Å²) in [5.74, 6) is -0.400. The molecule has 0 saturated carbocycles. The van der Waals surface area contributed by atoms with Crippen LogP contribution in [0.15, 0.2) is 36.4 Å². The van der Waals surface area contributed by atoms with Gasteiger partial charge in [0.1, 0.15) is 0 Å². The molecule has 1 aromatic carbocycles. The fourth-order valence-corrected chi connectivity index (χ4v) is 2.53. The molecule has 1 aliphatic rings. The van der Waals surface area contributed by atoms with Crippen LogP contribution in [0.25, 0.3) is 0 Å². The van der Waals surface area contributed by atoms with Crippen LogP contribution in [0.3, 0.4) is 0 Å². The molecule has 0 saturated heterocycles. The van der Waals surface area contributed by atoms with E-state index in [0.29, 0.717) is 6.42 Å². The summed E-state index contributed by atoms with van der Waals surface area (Å²) in [6.07, 6.45) is 0.161. The van der Waals surface area contributed by atoms with Crippen LogP contribution in [0.5, 0.6) is 0 Å². The van der Waals surface area contributed by atoms with Crippen molar-refractivity contribution < 1.29 is 23.1 Å². The summed E-state index contributed by atoms with van der Waals surface area (Å²) < 4.78 is 38.7. The average Bonchev–Trinajstić information content (AvgIpc) is 2.52. The summed E-state index contributed by atoms with van der Waals surface area (Å²) in [6.45, 7) is -0.230. The number of halogens is 3. The predicted octanol–water partition coefficient (Wildman–Crippen LogP) is 3.21. The fraction of sp³-hybridized carbons (Fsp3) is 0.438. The quantitative estimate of drug-likeness (QED) is 0.839. The highest BCUT2D eigenvalue weighted by molar-refractivity contribution is 5.79. The third-order valence-corrected chi connectivity index (χ3v) is 3.73. The molecular weight excluding hydrogens is 295 g/mol. The maximum atomic E-state index is 12.9. The zero-order valence-corrected chi connectivity index (χ0v) is 11.9. The highest BCUT2D eigenvalue weighted by atomic mass is 19.4. The van der Waals surface area contributed by atoms with Gasteiger partial charge in [-0.15, -0.1) is 0 Å². The second kappa shape index (κ2) is 6.96. The van der Waals surface area contributed by atoms with Crippen LogP contribution >= 0.6 is 0 Å². The molecule has 120 valence electrons. The van der Waals surface area contributed by atoms with E-state index in [1.165, 1.54) is 18.2 Å². The first-order valence-electron chi connectivity index (χ1n) is 7.16. The van der Waals surface area contributed by atoms with E-state index < -0.39 is 17.8 Å². The van der Waals surface area contributed by atoms with Gasteiger partial charge in [0.25, 0.3) is 0 Å². The van der Waals surface area contributed by atoms with Crippen molar-refractivity contribution in [3.05, 3.63) is 47.5 Å². The minimum atomic E-state index is -4.53. The number of aliphatic hydroxyl groups excluding tert-OH is 1. The van der Waals surface area contributed by atoms with Gasteiger partial charge in [0, 0.05) is 12.5 Å². The number of alkyl halides is 3. The summed E-state index contributed by atoms with van der Waals surface area (Å²) in [7, 11) is 0. The number of hydrogen-bond acceptors (Lipinski definition) is 2. The Morgan fingerprint density at radius 3 is 2.68 bits per heavy atom. The number of allylic oxidation sites excluding steroid dienone is 2. The monoisotopic (exact) mass is 313 g/mol.